The third kappa shape index (κ3) is 4.08. The Hall–Kier alpha value is -1.81. The number of benzene rings is 1. The lowest BCUT2D eigenvalue weighted by molar-refractivity contribution is -0.115. The first-order valence-corrected chi connectivity index (χ1v) is 8.04. The zero-order valence-corrected chi connectivity index (χ0v) is 13.8. The molecule has 0 saturated heterocycles. The molecule has 1 unspecified atom stereocenters. The van der Waals surface area contributed by atoms with Crippen molar-refractivity contribution >= 4 is 28.6 Å². The molecule has 0 radical (unpaired) electrons. The average Bonchev–Trinajstić information content (AvgIpc) is 2.78. The molecule has 2 aromatic rings. The maximum absolute atomic E-state index is 11.5. The normalized spacial score (nSPS) is 12.0. The van der Waals surface area contributed by atoms with Gasteiger partial charge < -0.3 is 10.6 Å². The Morgan fingerprint density at radius 2 is 1.95 bits per heavy atom. The largest absolute Gasteiger partial charge is 0.378 e. The Bertz CT molecular complexity index is 633. The quantitative estimate of drug-likeness (QED) is 0.826. The second-order valence-electron chi connectivity index (χ2n) is 5.22. The van der Waals surface area contributed by atoms with Crippen molar-refractivity contribution in [3.63, 3.8) is 0 Å². The van der Waals surface area contributed by atoms with Crippen LogP contribution in [0.2, 0.25) is 0 Å². The van der Waals surface area contributed by atoms with Crippen molar-refractivity contribution in [2.24, 2.45) is 0 Å². The van der Waals surface area contributed by atoms with Gasteiger partial charge in [-0.1, -0.05) is 13.0 Å². The van der Waals surface area contributed by atoms with E-state index in [0.29, 0.717) is 6.42 Å². The van der Waals surface area contributed by atoms with Gasteiger partial charge in [0.2, 0.25) is 5.91 Å². The molecule has 1 amide bonds. The molecular formula is C17H22N2OS. The Labute approximate surface area is 130 Å². The van der Waals surface area contributed by atoms with Gasteiger partial charge in [-0.25, -0.2) is 0 Å². The van der Waals surface area contributed by atoms with Crippen LogP contribution >= 0.6 is 11.3 Å². The van der Waals surface area contributed by atoms with Gasteiger partial charge in [0.1, 0.15) is 0 Å². The van der Waals surface area contributed by atoms with E-state index in [-0.39, 0.29) is 11.9 Å². The van der Waals surface area contributed by atoms with Gasteiger partial charge >= 0.3 is 0 Å². The van der Waals surface area contributed by atoms with Gasteiger partial charge in [-0.15, -0.1) is 11.3 Å². The van der Waals surface area contributed by atoms with Gasteiger partial charge in [0.15, 0.2) is 0 Å². The fraction of sp³-hybridized carbons (Fsp3) is 0.353. The number of hydrogen-bond acceptors (Lipinski definition) is 3. The average molecular weight is 302 g/mol. The summed E-state index contributed by atoms with van der Waals surface area (Å²) in [4.78, 5) is 14.1. The highest BCUT2D eigenvalue weighted by Crippen LogP contribution is 2.29. The van der Waals surface area contributed by atoms with E-state index in [9.17, 15) is 4.79 Å². The molecule has 0 aliphatic rings. The first-order valence-electron chi connectivity index (χ1n) is 7.23. The number of carbonyl (C=O) groups is 1. The van der Waals surface area contributed by atoms with E-state index in [1.165, 1.54) is 15.3 Å². The number of amides is 1. The SMILES string of the molecule is CCC(=O)Nc1cccc(NC(C)c2cc(C)sc2C)c1. The van der Waals surface area contributed by atoms with Crippen LogP contribution in [0.4, 0.5) is 11.4 Å². The molecule has 4 heteroatoms. The molecule has 21 heavy (non-hydrogen) atoms. The van der Waals surface area contributed by atoms with Crippen LogP contribution in [0.25, 0.3) is 0 Å². The smallest absolute Gasteiger partial charge is 0.224 e. The summed E-state index contributed by atoms with van der Waals surface area (Å²) >= 11 is 1.83. The fourth-order valence-electron chi connectivity index (χ4n) is 2.34. The Balaban J connectivity index is 2.10. The van der Waals surface area contributed by atoms with Gasteiger partial charge in [-0.05, 0) is 50.6 Å². The molecule has 1 atom stereocenters. The van der Waals surface area contributed by atoms with Gasteiger partial charge in [0.25, 0.3) is 0 Å². The summed E-state index contributed by atoms with van der Waals surface area (Å²) in [6.45, 7) is 8.30. The molecule has 2 rings (SSSR count). The maximum Gasteiger partial charge on any atom is 0.224 e. The number of anilines is 2. The predicted molar refractivity (Wildman–Crippen MR) is 91.2 cm³/mol. The maximum atomic E-state index is 11.5. The van der Waals surface area contributed by atoms with E-state index < -0.39 is 0 Å². The van der Waals surface area contributed by atoms with Crippen molar-refractivity contribution in [3.05, 3.63) is 45.6 Å². The third-order valence-corrected chi connectivity index (χ3v) is 4.38. The number of hydrogen-bond donors (Lipinski definition) is 2. The van der Waals surface area contributed by atoms with Crippen LogP contribution in [0.3, 0.4) is 0 Å². The monoisotopic (exact) mass is 302 g/mol. The van der Waals surface area contributed by atoms with Crippen LogP contribution < -0.4 is 10.6 Å². The Morgan fingerprint density at radius 1 is 1.24 bits per heavy atom. The zero-order chi connectivity index (χ0) is 15.4. The summed E-state index contributed by atoms with van der Waals surface area (Å²) < 4.78 is 0. The summed E-state index contributed by atoms with van der Waals surface area (Å²) in [7, 11) is 0. The van der Waals surface area contributed by atoms with Gasteiger partial charge in [-0.3, -0.25) is 4.79 Å². The number of rotatable bonds is 5. The molecule has 0 aliphatic carbocycles. The topological polar surface area (TPSA) is 41.1 Å². The minimum atomic E-state index is 0.0319. The third-order valence-electron chi connectivity index (χ3n) is 3.40. The molecule has 1 heterocycles. The van der Waals surface area contributed by atoms with Gasteiger partial charge in [0, 0.05) is 33.6 Å². The summed E-state index contributed by atoms with van der Waals surface area (Å²) in [5.74, 6) is 0.0319. The standard InChI is InChI=1S/C17H22N2OS/c1-5-17(20)19-15-8-6-7-14(10-15)18-12(3)16-9-11(2)21-13(16)4/h6-10,12,18H,5H2,1-4H3,(H,19,20). The fourth-order valence-corrected chi connectivity index (χ4v) is 3.37. The number of nitrogens with one attached hydrogen (secondary N) is 2. The van der Waals surface area contributed by atoms with Crippen molar-refractivity contribution in [1.29, 1.82) is 0 Å². The van der Waals surface area contributed by atoms with Crippen molar-refractivity contribution in [1.82, 2.24) is 0 Å². The zero-order valence-electron chi connectivity index (χ0n) is 13.0. The molecule has 3 nitrogen and oxygen atoms in total. The number of carbonyl (C=O) groups excluding carboxylic acids is 1. The highest BCUT2D eigenvalue weighted by molar-refractivity contribution is 7.12. The van der Waals surface area contributed by atoms with E-state index >= 15 is 0 Å². The van der Waals surface area contributed by atoms with Crippen molar-refractivity contribution in [2.45, 2.75) is 40.2 Å². The van der Waals surface area contributed by atoms with Crippen LogP contribution in [0.5, 0.6) is 0 Å². The molecule has 112 valence electrons. The number of aryl methyl sites for hydroxylation is 2. The summed E-state index contributed by atoms with van der Waals surface area (Å²) in [6.07, 6.45) is 0.488. The predicted octanol–water partition coefficient (Wildman–Crippen LogP) is 4.89. The lowest BCUT2D eigenvalue weighted by atomic mass is 10.1. The summed E-state index contributed by atoms with van der Waals surface area (Å²) in [5, 5.41) is 6.38. The second-order valence-corrected chi connectivity index (χ2v) is 6.68. The molecule has 0 fully saturated rings. The highest BCUT2D eigenvalue weighted by Gasteiger charge is 2.11. The molecule has 0 saturated carbocycles. The van der Waals surface area contributed by atoms with Crippen molar-refractivity contribution < 1.29 is 4.79 Å². The van der Waals surface area contributed by atoms with Crippen LogP contribution in [0.1, 0.15) is 41.6 Å². The number of thiophene rings is 1. The van der Waals surface area contributed by atoms with Gasteiger partial charge in [0.05, 0.1) is 0 Å². The van der Waals surface area contributed by atoms with E-state index in [2.05, 4.69) is 37.5 Å². The van der Waals surface area contributed by atoms with Crippen LogP contribution in [-0.4, -0.2) is 5.91 Å². The van der Waals surface area contributed by atoms with Crippen LogP contribution in [0, 0.1) is 13.8 Å². The highest BCUT2D eigenvalue weighted by atomic mass is 32.1. The van der Waals surface area contributed by atoms with Crippen LogP contribution in [0.15, 0.2) is 30.3 Å². The summed E-state index contributed by atoms with van der Waals surface area (Å²) in [5.41, 5.74) is 3.18. The van der Waals surface area contributed by atoms with Crippen molar-refractivity contribution in [2.75, 3.05) is 10.6 Å². The molecule has 1 aromatic carbocycles. The van der Waals surface area contributed by atoms with E-state index in [0.717, 1.165) is 11.4 Å². The first-order chi connectivity index (χ1) is 9.99. The van der Waals surface area contributed by atoms with Crippen LogP contribution in [-0.2, 0) is 4.79 Å². The van der Waals surface area contributed by atoms with Crippen molar-refractivity contribution in [3.8, 4) is 0 Å². The van der Waals surface area contributed by atoms with Gasteiger partial charge in [-0.2, -0.15) is 0 Å². The molecule has 1 aromatic heterocycles. The Kier molecular flexibility index (Phi) is 5.02. The minimum absolute atomic E-state index is 0.0319. The first kappa shape index (κ1) is 15.6. The second kappa shape index (κ2) is 6.76. The molecule has 0 spiro atoms. The molecule has 0 bridgehead atoms. The lowest BCUT2D eigenvalue weighted by Crippen LogP contribution is -2.10. The minimum Gasteiger partial charge on any atom is -0.378 e. The molecule has 2 N–H and O–H groups in total. The lowest BCUT2D eigenvalue weighted by Gasteiger charge is -2.16. The van der Waals surface area contributed by atoms with E-state index in [1.807, 2.05) is 42.5 Å². The Morgan fingerprint density at radius 3 is 2.57 bits per heavy atom. The summed E-state index contributed by atoms with van der Waals surface area (Å²) in [6, 6.07) is 10.3. The molecular weight excluding hydrogens is 280 g/mol. The van der Waals surface area contributed by atoms with E-state index in [1.54, 1.807) is 0 Å². The van der Waals surface area contributed by atoms with E-state index in [4.69, 9.17) is 0 Å². The molecule has 0 aliphatic heterocycles.